The lowest BCUT2D eigenvalue weighted by atomic mass is 9.75. The Bertz CT molecular complexity index is 741. The SMILES string of the molecule is Cc1ccc2nc(SCC(=O)N3CC[C@@H]4CCCC[C@@H]4C3)[nH]c2c1. The van der Waals surface area contributed by atoms with Crippen molar-refractivity contribution in [2.45, 2.75) is 44.2 Å². The topological polar surface area (TPSA) is 49.0 Å². The minimum Gasteiger partial charge on any atom is -0.342 e. The number of carbonyl (C=O) groups is 1. The molecule has 2 atom stereocenters. The van der Waals surface area contributed by atoms with Crippen molar-refractivity contribution in [2.75, 3.05) is 18.8 Å². The van der Waals surface area contributed by atoms with E-state index in [1.54, 1.807) is 0 Å². The Morgan fingerprint density at radius 1 is 1.29 bits per heavy atom. The van der Waals surface area contributed by atoms with Crippen LogP contribution in [0.1, 0.15) is 37.7 Å². The minimum atomic E-state index is 0.265. The Morgan fingerprint density at radius 3 is 3.00 bits per heavy atom. The molecule has 0 unspecified atom stereocenters. The molecule has 128 valence electrons. The second kappa shape index (κ2) is 6.79. The Labute approximate surface area is 147 Å². The summed E-state index contributed by atoms with van der Waals surface area (Å²) in [5.41, 5.74) is 3.24. The van der Waals surface area contributed by atoms with Crippen LogP contribution >= 0.6 is 11.8 Å². The summed E-state index contributed by atoms with van der Waals surface area (Å²) in [7, 11) is 0. The van der Waals surface area contributed by atoms with E-state index in [0.717, 1.165) is 41.1 Å². The van der Waals surface area contributed by atoms with Gasteiger partial charge in [0.1, 0.15) is 0 Å². The molecule has 5 heteroatoms. The molecule has 1 aliphatic carbocycles. The van der Waals surface area contributed by atoms with Crippen LogP contribution in [0.3, 0.4) is 0 Å². The number of H-pyrrole nitrogens is 1. The maximum Gasteiger partial charge on any atom is 0.233 e. The van der Waals surface area contributed by atoms with E-state index < -0.39 is 0 Å². The third-order valence-electron chi connectivity index (χ3n) is 5.59. The molecule has 1 N–H and O–H groups in total. The number of carbonyl (C=O) groups excluding carboxylic acids is 1. The molecule has 24 heavy (non-hydrogen) atoms. The van der Waals surface area contributed by atoms with E-state index in [-0.39, 0.29) is 5.91 Å². The normalized spacial score (nSPS) is 24.1. The smallest absolute Gasteiger partial charge is 0.233 e. The molecule has 1 saturated carbocycles. The molecule has 1 saturated heterocycles. The van der Waals surface area contributed by atoms with Crippen molar-refractivity contribution in [3.05, 3.63) is 23.8 Å². The van der Waals surface area contributed by atoms with Crippen LogP contribution in [0.5, 0.6) is 0 Å². The van der Waals surface area contributed by atoms with Gasteiger partial charge < -0.3 is 9.88 Å². The molecule has 4 nitrogen and oxygen atoms in total. The summed E-state index contributed by atoms with van der Waals surface area (Å²) in [6, 6.07) is 6.19. The van der Waals surface area contributed by atoms with Crippen LogP contribution in [0.15, 0.2) is 23.4 Å². The van der Waals surface area contributed by atoms with Crippen molar-refractivity contribution in [3.8, 4) is 0 Å². The first-order chi connectivity index (χ1) is 11.7. The Hall–Kier alpha value is -1.49. The highest BCUT2D eigenvalue weighted by atomic mass is 32.2. The maximum atomic E-state index is 12.6. The van der Waals surface area contributed by atoms with E-state index in [0.29, 0.717) is 5.75 Å². The van der Waals surface area contributed by atoms with Gasteiger partial charge >= 0.3 is 0 Å². The van der Waals surface area contributed by atoms with E-state index in [2.05, 4.69) is 33.9 Å². The number of aromatic nitrogens is 2. The van der Waals surface area contributed by atoms with Crippen molar-refractivity contribution < 1.29 is 4.79 Å². The lowest BCUT2D eigenvalue weighted by Gasteiger charge is -2.41. The lowest BCUT2D eigenvalue weighted by Crippen LogP contribution is -2.45. The molecule has 4 rings (SSSR count). The quantitative estimate of drug-likeness (QED) is 0.857. The first-order valence-electron chi connectivity index (χ1n) is 9.06. The monoisotopic (exact) mass is 343 g/mol. The van der Waals surface area contributed by atoms with Crippen LogP contribution in [0, 0.1) is 18.8 Å². The number of amides is 1. The van der Waals surface area contributed by atoms with Crippen LogP contribution in [-0.2, 0) is 4.79 Å². The summed E-state index contributed by atoms with van der Waals surface area (Å²) in [5.74, 6) is 2.36. The van der Waals surface area contributed by atoms with Gasteiger partial charge in [-0.3, -0.25) is 4.79 Å². The summed E-state index contributed by atoms with van der Waals surface area (Å²) >= 11 is 1.53. The first kappa shape index (κ1) is 16.0. The molecular weight excluding hydrogens is 318 g/mol. The Balaban J connectivity index is 1.35. The van der Waals surface area contributed by atoms with E-state index in [1.807, 2.05) is 6.07 Å². The van der Waals surface area contributed by atoms with Crippen LogP contribution < -0.4 is 0 Å². The van der Waals surface area contributed by atoms with E-state index in [9.17, 15) is 4.79 Å². The van der Waals surface area contributed by atoms with Gasteiger partial charge in [-0.2, -0.15) is 0 Å². The van der Waals surface area contributed by atoms with Crippen molar-refractivity contribution in [1.82, 2.24) is 14.9 Å². The first-order valence-corrected chi connectivity index (χ1v) is 10.0. The molecule has 2 fully saturated rings. The third kappa shape index (κ3) is 3.32. The number of rotatable bonds is 3. The number of thioether (sulfide) groups is 1. The average Bonchev–Trinajstić information content (AvgIpc) is 3.01. The largest absolute Gasteiger partial charge is 0.342 e. The Kier molecular flexibility index (Phi) is 4.53. The summed E-state index contributed by atoms with van der Waals surface area (Å²) in [5, 5.41) is 0.844. The molecule has 0 spiro atoms. The molecule has 1 aromatic heterocycles. The minimum absolute atomic E-state index is 0.265. The van der Waals surface area contributed by atoms with Gasteiger partial charge in [0, 0.05) is 13.1 Å². The standard InChI is InChI=1S/C19H25N3OS/c1-13-6-7-16-17(10-13)21-19(20-16)24-12-18(23)22-9-8-14-4-2-3-5-15(14)11-22/h6-7,10,14-15H,2-5,8-9,11-12H2,1H3,(H,20,21)/t14-,15+/m0/s1. The number of benzene rings is 1. The van der Waals surface area contributed by atoms with Gasteiger partial charge in [-0.15, -0.1) is 0 Å². The fourth-order valence-corrected chi connectivity index (χ4v) is 5.00. The van der Waals surface area contributed by atoms with Crippen LogP contribution in [0.4, 0.5) is 0 Å². The molecule has 2 heterocycles. The molecule has 0 bridgehead atoms. The predicted octanol–water partition coefficient (Wildman–Crippen LogP) is 4.00. The van der Waals surface area contributed by atoms with Crippen LogP contribution in [0.25, 0.3) is 11.0 Å². The van der Waals surface area contributed by atoms with Crippen molar-refractivity contribution >= 4 is 28.7 Å². The van der Waals surface area contributed by atoms with Gasteiger partial charge in [-0.05, 0) is 49.3 Å². The number of fused-ring (bicyclic) bond motifs is 2. The second-order valence-corrected chi connectivity index (χ2v) is 8.25. The number of aromatic amines is 1. The second-order valence-electron chi connectivity index (χ2n) is 7.28. The lowest BCUT2D eigenvalue weighted by molar-refractivity contribution is -0.131. The van der Waals surface area contributed by atoms with Gasteiger partial charge in [-0.25, -0.2) is 4.98 Å². The van der Waals surface area contributed by atoms with Gasteiger partial charge in [-0.1, -0.05) is 37.1 Å². The molecule has 0 radical (unpaired) electrons. The van der Waals surface area contributed by atoms with E-state index >= 15 is 0 Å². The Morgan fingerprint density at radius 2 is 2.12 bits per heavy atom. The number of nitrogens with one attached hydrogen (secondary N) is 1. The number of hydrogen-bond donors (Lipinski definition) is 1. The fourth-order valence-electron chi connectivity index (χ4n) is 4.22. The number of hydrogen-bond acceptors (Lipinski definition) is 3. The van der Waals surface area contributed by atoms with Crippen LogP contribution in [-0.4, -0.2) is 39.6 Å². The molecule has 1 aliphatic heterocycles. The van der Waals surface area contributed by atoms with E-state index in [4.69, 9.17) is 0 Å². The number of piperidine rings is 1. The zero-order chi connectivity index (χ0) is 16.5. The molecule has 2 aromatic rings. The average molecular weight is 343 g/mol. The molecule has 1 aromatic carbocycles. The summed E-state index contributed by atoms with van der Waals surface area (Å²) in [6.07, 6.45) is 6.61. The number of imidazole rings is 1. The third-order valence-corrected chi connectivity index (χ3v) is 6.45. The van der Waals surface area contributed by atoms with Crippen LogP contribution in [0.2, 0.25) is 0 Å². The van der Waals surface area contributed by atoms with Crippen molar-refractivity contribution in [1.29, 1.82) is 0 Å². The van der Waals surface area contributed by atoms with Crippen molar-refractivity contribution in [3.63, 3.8) is 0 Å². The molecule has 2 aliphatic rings. The van der Waals surface area contributed by atoms with Crippen molar-refractivity contribution in [2.24, 2.45) is 11.8 Å². The summed E-state index contributed by atoms with van der Waals surface area (Å²) < 4.78 is 0. The van der Waals surface area contributed by atoms with Gasteiger partial charge in [0.15, 0.2) is 5.16 Å². The predicted molar refractivity (Wildman–Crippen MR) is 98.2 cm³/mol. The maximum absolute atomic E-state index is 12.6. The zero-order valence-corrected chi connectivity index (χ0v) is 15.1. The summed E-state index contributed by atoms with van der Waals surface area (Å²) in [4.78, 5) is 22.6. The highest BCUT2D eigenvalue weighted by Gasteiger charge is 2.32. The number of nitrogens with zero attached hydrogens (tertiary/aromatic N) is 2. The zero-order valence-electron chi connectivity index (χ0n) is 14.3. The van der Waals surface area contributed by atoms with Gasteiger partial charge in [0.2, 0.25) is 5.91 Å². The number of aryl methyl sites for hydroxylation is 1. The molecular formula is C19H25N3OS. The molecule has 1 amide bonds. The fraction of sp³-hybridized carbons (Fsp3) is 0.579. The summed E-state index contributed by atoms with van der Waals surface area (Å²) in [6.45, 7) is 3.99. The number of likely N-dealkylation sites (tertiary alicyclic amines) is 1. The highest BCUT2D eigenvalue weighted by Crippen LogP contribution is 2.36. The highest BCUT2D eigenvalue weighted by molar-refractivity contribution is 7.99. The van der Waals surface area contributed by atoms with E-state index in [1.165, 1.54) is 49.4 Å². The van der Waals surface area contributed by atoms with Gasteiger partial charge in [0.05, 0.1) is 16.8 Å². The van der Waals surface area contributed by atoms with Gasteiger partial charge in [0.25, 0.3) is 0 Å².